The van der Waals surface area contributed by atoms with Crippen LogP contribution in [0, 0.1) is 11.6 Å². The van der Waals surface area contributed by atoms with Crippen molar-refractivity contribution in [2.75, 3.05) is 11.1 Å². The molecule has 3 nitrogen and oxygen atoms in total. The maximum absolute atomic E-state index is 13.3. The number of carbonyl (C=O) groups excluding carboxylic acids is 1. The molecule has 0 aromatic heterocycles. The molecular formula is C15H14F2N2O. The number of amides is 1. The molecular weight excluding hydrogens is 262 g/mol. The summed E-state index contributed by atoms with van der Waals surface area (Å²) in [4.78, 5) is 11.7. The van der Waals surface area contributed by atoms with Crippen molar-refractivity contribution in [3.8, 4) is 0 Å². The van der Waals surface area contributed by atoms with Gasteiger partial charge in [0.1, 0.15) is 11.6 Å². The van der Waals surface area contributed by atoms with Gasteiger partial charge in [0, 0.05) is 18.2 Å². The zero-order chi connectivity index (χ0) is 14.5. The van der Waals surface area contributed by atoms with Gasteiger partial charge in [0.05, 0.1) is 5.69 Å². The van der Waals surface area contributed by atoms with Crippen molar-refractivity contribution in [2.24, 2.45) is 0 Å². The number of nitrogen functional groups attached to an aromatic ring is 1. The van der Waals surface area contributed by atoms with E-state index in [4.69, 9.17) is 5.73 Å². The minimum absolute atomic E-state index is 0.0197. The van der Waals surface area contributed by atoms with Crippen LogP contribution in [-0.2, 0) is 11.2 Å². The molecule has 0 spiro atoms. The first-order chi connectivity index (χ1) is 9.54. The number of rotatable bonds is 4. The predicted octanol–water partition coefficient (Wildman–Crippen LogP) is 3.12. The first-order valence-corrected chi connectivity index (χ1v) is 6.14. The largest absolute Gasteiger partial charge is 0.399 e. The Labute approximate surface area is 115 Å². The van der Waals surface area contributed by atoms with Gasteiger partial charge >= 0.3 is 0 Å². The van der Waals surface area contributed by atoms with E-state index in [-0.39, 0.29) is 18.0 Å². The molecule has 0 saturated heterocycles. The SMILES string of the molecule is Nc1ccc(CCC(=O)Nc2ccc(F)cc2F)cc1. The molecule has 3 N–H and O–H groups in total. The van der Waals surface area contributed by atoms with Crippen LogP contribution >= 0.6 is 0 Å². The quantitative estimate of drug-likeness (QED) is 0.843. The summed E-state index contributed by atoms with van der Waals surface area (Å²) in [5.41, 5.74) is 7.17. The molecule has 2 rings (SSSR count). The van der Waals surface area contributed by atoms with Gasteiger partial charge in [0.25, 0.3) is 0 Å². The Hall–Kier alpha value is -2.43. The van der Waals surface area contributed by atoms with E-state index in [2.05, 4.69) is 5.32 Å². The molecule has 0 aliphatic rings. The zero-order valence-electron chi connectivity index (χ0n) is 10.7. The second-order valence-corrected chi connectivity index (χ2v) is 4.41. The highest BCUT2D eigenvalue weighted by molar-refractivity contribution is 5.90. The van der Waals surface area contributed by atoms with Crippen molar-refractivity contribution in [1.29, 1.82) is 0 Å². The summed E-state index contributed by atoms with van der Waals surface area (Å²) in [6.07, 6.45) is 0.732. The Morgan fingerprint density at radius 1 is 1.10 bits per heavy atom. The van der Waals surface area contributed by atoms with Crippen LogP contribution in [0.2, 0.25) is 0 Å². The minimum Gasteiger partial charge on any atom is -0.399 e. The third-order valence-corrected chi connectivity index (χ3v) is 2.83. The molecule has 0 saturated carbocycles. The highest BCUT2D eigenvalue weighted by Crippen LogP contribution is 2.15. The molecule has 0 heterocycles. The van der Waals surface area contributed by atoms with Crippen molar-refractivity contribution in [2.45, 2.75) is 12.8 Å². The van der Waals surface area contributed by atoms with E-state index >= 15 is 0 Å². The zero-order valence-corrected chi connectivity index (χ0v) is 10.7. The van der Waals surface area contributed by atoms with Crippen molar-refractivity contribution in [1.82, 2.24) is 0 Å². The van der Waals surface area contributed by atoms with Gasteiger partial charge in [-0.25, -0.2) is 8.78 Å². The Balaban J connectivity index is 1.90. The summed E-state index contributed by atoms with van der Waals surface area (Å²) in [5.74, 6) is -1.79. The van der Waals surface area contributed by atoms with Crippen molar-refractivity contribution in [3.63, 3.8) is 0 Å². The number of halogens is 2. The summed E-state index contributed by atoms with van der Waals surface area (Å²) in [5, 5.41) is 2.41. The Kier molecular flexibility index (Phi) is 4.30. The minimum atomic E-state index is -0.786. The maximum Gasteiger partial charge on any atom is 0.224 e. The topological polar surface area (TPSA) is 55.1 Å². The fourth-order valence-electron chi connectivity index (χ4n) is 1.75. The van der Waals surface area contributed by atoms with Crippen molar-refractivity contribution < 1.29 is 13.6 Å². The Morgan fingerprint density at radius 2 is 1.80 bits per heavy atom. The highest BCUT2D eigenvalue weighted by atomic mass is 19.1. The monoisotopic (exact) mass is 276 g/mol. The van der Waals surface area contributed by atoms with Crippen LogP contribution in [-0.4, -0.2) is 5.91 Å². The normalized spacial score (nSPS) is 10.3. The molecule has 0 fully saturated rings. The number of hydrogen-bond acceptors (Lipinski definition) is 2. The van der Waals surface area contributed by atoms with E-state index in [1.54, 1.807) is 12.1 Å². The highest BCUT2D eigenvalue weighted by Gasteiger charge is 2.08. The molecule has 0 aliphatic carbocycles. The molecule has 0 aliphatic heterocycles. The number of nitrogens with two attached hydrogens (primary N) is 1. The summed E-state index contributed by atoms with van der Waals surface area (Å²) >= 11 is 0. The third-order valence-electron chi connectivity index (χ3n) is 2.83. The van der Waals surface area contributed by atoms with E-state index in [9.17, 15) is 13.6 Å². The molecule has 0 radical (unpaired) electrons. The molecule has 1 amide bonds. The van der Waals surface area contributed by atoms with Crippen LogP contribution < -0.4 is 11.1 Å². The summed E-state index contributed by atoms with van der Waals surface area (Å²) in [7, 11) is 0. The molecule has 104 valence electrons. The van der Waals surface area contributed by atoms with Crippen molar-refractivity contribution in [3.05, 3.63) is 59.7 Å². The number of anilines is 2. The van der Waals surface area contributed by atoms with Gasteiger partial charge in [-0.1, -0.05) is 12.1 Å². The second-order valence-electron chi connectivity index (χ2n) is 4.41. The van der Waals surface area contributed by atoms with E-state index in [1.165, 1.54) is 6.07 Å². The molecule has 2 aromatic rings. The van der Waals surface area contributed by atoms with Gasteiger partial charge in [-0.2, -0.15) is 0 Å². The fourth-order valence-corrected chi connectivity index (χ4v) is 1.75. The lowest BCUT2D eigenvalue weighted by Gasteiger charge is -2.06. The van der Waals surface area contributed by atoms with Gasteiger partial charge in [-0.15, -0.1) is 0 Å². The fraction of sp³-hybridized carbons (Fsp3) is 0.133. The lowest BCUT2D eigenvalue weighted by molar-refractivity contribution is -0.116. The van der Waals surface area contributed by atoms with Gasteiger partial charge in [-0.05, 0) is 36.2 Å². The predicted molar refractivity (Wildman–Crippen MR) is 74.2 cm³/mol. The average Bonchev–Trinajstić information content (AvgIpc) is 2.41. The molecule has 0 bridgehead atoms. The van der Waals surface area contributed by atoms with Crippen LogP contribution in [0.3, 0.4) is 0 Å². The van der Waals surface area contributed by atoms with Crippen LogP contribution in [0.1, 0.15) is 12.0 Å². The van der Waals surface area contributed by atoms with E-state index in [0.29, 0.717) is 12.1 Å². The lowest BCUT2D eigenvalue weighted by atomic mass is 10.1. The first kappa shape index (κ1) is 14.0. The van der Waals surface area contributed by atoms with Crippen LogP contribution in [0.5, 0.6) is 0 Å². The maximum atomic E-state index is 13.3. The van der Waals surface area contributed by atoms with Crippen LogP contribution in [0.4, 0.5) is 20.2 Å². The molecule has 0 atom stereocenters. The average molecular weight is 276 g/mol. The molecule has 0 unspecified atom stereocenters. The standard InChI is InChI=1S/C15H14F2N2O/c16-11-4-7-14(13(17)9-11)19-15(20)8-3-10-1-5-12(18)6-2-10/h1-2,4-7,9H,3,8,18H2,(H,19,20). The molecule has 2 aromatic carbocycles. The van der Waals surface area contributed by atoms with Gasteiger partial charge in [0.15, 0.2) is 0 Å². The number of nitrogens with one attached hydrogen (secondary N) is 1. The van der Waals surface area contributed by atoms with Crippen LogP contribution in [0.15, 0.2) is 42.5 Å². The van der Waals surface area contributed by atoms with Gasteiger partial charge in [0.2, 0.25) is 5.91 Å². The Morgan fingerprint density at radius 3 is 2.45 bits per heavy atom. The second kappa shape index (κ2) is 6.14. The molecule has 5 heteroatoms. The van der Waals surface area contributed by atoms with Crippen molar-refractivity contribution >= 4 is 17.3 Å². The van der Waals surface area contributed by atoms with E-state index in [1.807, 2.05) is 12.1 Å². The van der Waals surface area contributed by atoms with Gasteiger partial charge < -0.3 is 11.1 Å². The summed E-state index contributed by atoms with van der Waals surface area (Å²) in [6, 6.07) is 10.2. The number of benzene rings is 2. The number of aryl methyl sites for hydroxylation is 1. The summed E-state index contributed by atoms with van der Waals surface area (Å²) in [6.45, 7) is 0. The van der Waals surface area contributed by atoms with E-state index in [0.717, 1.165) is 17.7 Å². The number of hydrogen-bond donors (Lipinski definition) is 2. The summed E-state index contributed by atoms with van der Waals surface area (Å²) < 4.78 is 26.1. The first-order valence-electron chi connectivity index (χ1n) is 6.14. The lowest BCUT2D eigenvalue weighted by Crippen LogP contribution is -2.13. The Bertz CT molecular complexity index is 612. The smallest absolute Gasteiger partial charge is 0.224 e. The third kappa shape index (κ3) is 3.78. The van der Waals surface area contributed by atoms with Gasteiger partial charge in [-0.3, -0.25) is 4.79 Å². The number of carbonyl (C=O) groups is 1. The van der Waals surface area contributed by atoms with Crippen LogP contribution in [0.25, 0.3) is 0 Å². The molecule has 20 heavy (non-hydrogen) atoms. The van der Waals surface area contributed by atoms with E-state index < -0.39 is 11.6 Å².